The highest BCUT2D eigenvalue weighted by atomic mass is 16.1. The molecular weight excluding hydrogens is 210 g/mol. The van der Waals surface area contributed by atoms with Crippen LogP contribution in [-0.4, -0.2) is 11.9 Å². The minimum Gasteiger partial charge on any atom is -0.342 e. The molecule has 2 heteroatoms. The quantitative estimate of drug-likeness (QED) is 0.772. The minimum absolute atomic E-state index is 0.00902. The van der Waals surface area contributed by atoms with Crippen LogP contribution in [0.5, 0.6) is 0 Å². The minimum atomic E-state index is -0.141. The molecule has 90 valence electrons. The average Bonchev–Trinajstić information content (AvgIpc) is 2.31. The molecule has 1 aromatic carbocycles. The lowest BCUT2D eigenvalue weighted by Gasteiger charge is -2.11. The van der Waals surface area contributed by atoms with Gasteiger partial charge in [0.1, 0.15) is 0 Å². The number of nitrogens with one attached hydrogen (secondary N) is 1. The summed E-state index contributed by atoms with van der Waals surface area (Å²) in [7, 11) is 0. The standard InChI is InChI=1S/C15H19NO/c1-4-6-14(5-2)16-15(17)11-13-9-7-12(3)8-10-13/h2,7-10,14H,4,6,11H2,1,3H3,(H,16,17). The van der Waals surface area contributed by atoms with E-state index in [2.05, 4.69) is 18.2 Å². The first-order valence-electron chi connectivity index (χ1n) is 5.96. The lowest BCUT2D eigenvalue weighted by atomic mass is 10.1. The Balaban J connectivity index is 2.49. The number of benzene rings is 1. The van der Waals surface area contributed by atoms with Crippen molar-refractivity contribution in [1.29, 1.82) is 0 Å². The van der Waals surface area contributed by atoms with Crippen LogP contribution in [0.4, 0.5) is 0 Å². The molecule has 0 aliphatic carbocycles. The van der Waals surface area contributed by atoms with Crippen LogP contribution in [0.1, 0.15) is 30.9 Å². The molecule has 1 aromatic rings. The average molecular weight is 229 g/mol. The van der Waals surface area contributed by atoms with Gasteiger partial charge in [-0.05, 0) is 18.9 Å². The van der Waals surface area contributed by atoms with Crippen molar-refractivity contribution in [1.82, 2.24) is 5.32 Å². The summed E-state index contributed by atoms with van der Waals surface area (Å²) < 4.78 is 0. The third kappa shape index (κ3) is 4.74. The topological polar surface area (TPSA) is 29.1 Å². The second kappa shape index (κ2) is 6.75. The Kier molecular flexibility index (Phi) is 5.29. The maximum atomic E-state index is 11.7. The van der Waals surface area contributed by atoms with Crippen LogP contribution in [0, 0.1) is 19.3 Å². The number of rotatable bonds is 5. The number of aryl methyl sites for hydroxylation is 1. The molecule has 1 atom stereocenters. The maximum Gasteiger partial charge on any atom is 0.225 e. The number of terminal acetylenes is 1. The molecular formula is C15H19NO. The van der Waals surface area contributed by atoms with Crippen molar-refractivity contribution in [3.05, 3.63) is 35.4 Å². The van der Waals surface area contributed by atoms with Gasteiger partial charge < -0.3 is 5.32 Å². The van der Waals surface area contributed by atoms with E-state index in [0.29, 0.717) is 6.42 Å². The van der Waals surface area contributed by atoms with Gasteiger partial charge in [0.15, 0.2) is 0 Å². The summed E-state index contributed by atoms with van der Waals surface area (Å²) in [5.41, 5.74) is 2.21. The van der Waals surface area contributed by atoms with Gasteiger partial charge in [-0.25, -0.2) is 0 Å². The Morgan fingerprint density at radius 2 is 2.06 bits per heavy atom. The van der Waals surface area contributed by atoms with Crippen LogP contribution in [0.3, 0.4) is 0 Å². The fourth-order valence-corrected chi connectivity index (χ4v) is 1.62. The van der Waals surface area contributed by atoms with Crippen LogP contribution in [-0.2, 0) is 11.2 Å². The van der Waals surface area contributed by atoms with E-state index in [0.717, 1.165) is 18.4 Å². The monoisotopic (exact) mass is 229 g/mol. The SMILES string of the molecule is C#CC(CCC)NC(=O)Cc1ccc(C)cc1. The molecule has 0 heterocycles. The zero-order chi connectivity index (χ0) is 12.7. The highest BCUT2D eigenvalue weighted by Crippen LogP contribution is 2.04. The summed E-state index contributed by atoms with van der Waals surface area (Å²) in [5, 5.41) is 2.86. The van der Waals surface area contributed by atoms with Gasteiger partial charge in [0, 0.05) is 0 Å². The van der Waals surface area contributed by atoms with Gasteiger partial charge in [-0.1, -0.05) is 49.1 Å². The predicted octanol–water partition coefficient (Wildman–Crippen LogP) is 2.46. The Bertz CT molecular complexity index is 400. The van der Waals surface area contributed by atoms with Crippen LogP contribution >= 0.6 is 0 Å². The van der Waals surface area contributed by atoms with Crippen LogP contribution in [0.2, 0.25) is 0 Å². The molecule has 1 amide bonds. The molecule has 0 spiro atoms. The Morgan fingerprint density at radius 3 is 2.59 bits per heavy atom. The van der Waals surface area contributed by atoms with Gasteiger partial charge in [0.05, 0.1) is 12.5 Å². The van der Waals surface area contributed by atoms with E-state index in [-0.39, 0.29) is 11.9 Å². The summed E-state index contributed by atoms with van der Waals surface area (Å²) in [6, 6.07) is 7.82. The third-order valence-electron chi connectivity index (χ3n) is 2.60. The zero-order valence-electron chi connectivity index (χ0n) is 10.5. The van der Waals surface area contributed by atoms with Crippen molar-refractivity contribution in [2.45, 2.75) is 39.2 Å². The third-order valence-corrected chi connectivity index (χ3v) is 2.60. The van der Waals surface area contributed by atoms with Gasteiger partial charge in [-0.3, -0.25) is 4.79 Å². The first-order valence-corrected chi connectivity index (χ1v) is 5.96. The highest BCUT2D eigenvalue weighted by molar-refractivity contribution is 5.79. The molecule has 2 nitrogen and oxygen atoms in total. The van der Waals surface area contributed by atoms with E-state index >= 15 is 0 Å². The summed E-state index contributed by atoms with van der Waals surface area (Å²) in [6.45, 7) is 4.08. The number of hydrogen-bond donors (Lipinski definition) is 1. The molecule has 0 saturated heterocycles. The molecule has 0 bridgehead atoms. The van der Waals surface area contributed by atoms with E-state index in [4.69, 9.17) is 6.42 Å². The van der Waals surface area contributed by atoms with Crippen LogP contribution in [0.25, 0.3) is 0 Å². The molecule has 0 aliphatic heterocycles. The Morgan fingerprint density at radius 1 is 1.41 bits per heavy atom. The van der Waals surface area contributed by atoms with Gasteiger partial charge >= 0.3 is 0 Å². The normalized spacial score (nSPS) is 11.6. The van der Waals surface area contributed by atoms with Gasteiger partial charge in [-0.15, -0.1) is 6.42 Å². The summed E-state index contributed by atoms with van der Waals surface area (Å²) in [5.74, 6) is 2.59. The smallest absolute Gasteiger partial charge is 0.225 e. The number of carbonyl (C=O) groups excluding carboxylic acids is 1. The molecule has 0 aromatic heterocycles. The van der Waals surface area contributed by atoms with Crippen molar-refractivity contribution >= 4 is 5.91 Å². The second-order valence-corrected chi connectivity index (χ2v) is 4.24. The van der Waals surface area contributed by atoms with E-state index in [1.54, 1.807) is 0 Å². The van der Waals surface area contributed by atoms with Crippen LogP contribution < -0.4 is 5.32 Å². The number of amides is 1. The van der Waals surface area contributed by atoms with E-state index in [1.807, 2.05) is 31.2 Å². The molecule has 0 fully saturated rings. The molecule has 0 radical (unpaired) electrons. The van der Waals surface area contributed by atoms with Crippen molar-refractivity contribution in [2.24, 2.45) is 0 Å². The first-order chi connectivity index (χ1) is 8.15. The van der Waals surface area contributed by atoms with Gasteiger partial charge in [0.2, 0.25) is 5.91 Å². The molecule has 1 N–H and O–H groups in total. The highest BCUT2D eigenvalue weighted by Gasteiger charge is 2.08. The summed E-state index contributed by atoms with van der Waals surface area (Å²) >= 11 is 0. The molecule has 17 heavy (non-hydrogen) atoms. The summed E-state index contributed by atoms with van der Waals surface area (Å²) in [4.78, 5) is 11.7. The molecule has 0 aliphatic rings. The van der Waals surface area contributed by atoms with Crippen LogP contribution in [0.15, 0.2) is 24.3 Å². The second-order valence-electron chi connectivity index (χ2n) is 4.24. The summed E-state index contributed by atoms with van der Waals surface area (Å²) in [6.07, 6.45) is 7.55. The molecule has 1 unspecified atom stereocenters. The Labute approximate surface area is 103 Å². The van der Waals surface area contributed by atoms with E-state index < -0.39 is 0 Å². The van der Waals surface area contributed by atoms with Crippen molar-refractivity contribution in [3.8, 4) is 12.3 Å². The lowest BCUT2D eigenvalue weighted by Crippen LogP contribution is -2.34. The fourth-order valence-electron chi connectivity index (χ4n) is 1.62. The number of carbonyl (C=O) groups is 1. The van der Waals surface area contributed by atoms with E-state index in [1.165, 1.54) is 5.56 Å². The van der Waals surface area contributed by atoms with Gasteiger partial charge in [-0.2, -0.15) is 0 Å². The number of hydrogen-bond acceptors (Lipinski definition) is 1. The Hall–Kier alpha value is -1.75. The van der Waals surface area contributed by atoms with Crippen molar-refractivity contribution < 1.29 is 4.79 Å². The van der Waals surface area contributed by atoms with Crippen molar-refractivity contribution in [2.75, 3.05) is 0 Å². The largest absolute Gasteiger partial charge is 0.342 e. The van der Waals surface area contributed by atoms with E-state index in [9.17, 15) is 4.79 Å². The lowest BCUT2D eigenvalue weighted by molar-refractivity contribution is -0.120. The predicted molar refractivity (Wildman–Crippen MR) is 70.6 cm³/mol. The first kappa shape index (κ1) is 13.3. The maximum absolute atomic E-state index is 11.7. The fraction of sp³-hybridized carbons (Fsp3) is 0.400. The zero-order valence-corrected chi connectivity index (χ0v) is 10.5. The molecule has 0 saturated carbocycles. The van der Waals surface area contributed by atoms with Gasteiger partial charge in [0.25, 0.3) is 0 Å². The van der Waals surface area contributed by atoms with Crippen molar-refractivity contribution in [3.63, 3.8) is 0 Å². The molecule has 1 rings (SSSR count).